The summed E-state index contributed by atoms with van der Waals surface area (Å²) >= 11 is 1.48. The summed E-state index contributed by atoms with van der Waals surface area (Å²) in [5.74, 6) is -1.74. The molecule has 0 aromatic heterocycles. The lowest BCUT2D eigenvalue weighted by atomic mass is 9.98. The zero-order valence-corrected chi connectivity index (χ0v) is 27.2. The number of rotatable bonds is 13. The summed E-state index contributed by atoms with van der Waals surface area (Å²) in [6.45, 7) is 8.71. The highest BCUT2D eigenvalue weighted by Gasteiger charge is 2.33. The topological polar surface area (TPSA) is 117 Å². The molecule has 0 fully saturated rings. The van der Waals surface area contributed by atoms with E-state index < -0.39 is 55.8 Å². The SMILES string of the molecule is CC(C)(C)C(=O)OCOP(=O)(CC[C@@H](Cc1cccc(F)c1)NC(=O)C1Cc2ccccc2S1)OCOC(=O)C(C)(C)C. The molecular weight excluding hydrogens is 596 g/mol. The Kier molecular flexibility index (Phi) is 12.0. The van der Waals surface area contributed by atoms with Gasteiger partial charge in [-0.2, -0.15) is 0 Å². The Balaban J connectivity index is 1.72. The van der Waals surface area contributed by atoms with Gasteiger partial charge in [0.05, 0.1) is 22.2 Å². The molecule has 1 amide bonds. The molecule has 12 heteroatoms. The second-order valence-corrected chi connectivity index (χ2v) is 15.9. The van der Waals surface area contributed by atoms with Crippen LogP contribution in [0.2, 0.25) is 0 Å². The maximum Gasteiger partial charge on any atom is 0.336 e. The summed E-state index contributed by atoms with van der Waals surface area (Å²) in [5, 5.41) is 2.69. The van der Waals surface area contributed by atoms with Crippen LogP contribution in [0.15, 0.2) is 53.4 Å². The maximum absolute atomic E-state index is 14.0. The third-order valence-corrected chi connectivity index (χ3v) is 9.63. The lowest BCUT2D eigenvalue weighted by molar-refractivity contribution is -0.162. The predicted octanol–water partition coefficient (Wildman–Crippen LogP) is 6.28. The van der Waals surface area contributed by atoms with Crippen molar-refractivity contribution in [1.29, 1.82) is 0 Å². The van der Waals surface area contributed by atoms with Gasteiger partial charge in [-0.1, -0.05) is 30.3 Å². The lowest BCUT2D eigenvalue weighted by Crippen LogP contribution is -2.42. The van der Waals surface area contributed by atoms with E-state index in [1.165, 1.54) is 23.9 Å². The van der Waals surface area contributed by atoms with Crippen LogP contribution >= 0.6 is 19.4 Å². The maximum atomic E-state index is 14.0. The number of benzene rings is 2. The molecule has 1 aliphatic heterocycles. The first-order valence-corrected chi connectivity index (χ1v) is 16.7. The molecular formula is C31H41FNO8PS. The molecule has 1 heterocycles. The standard InChI is InChI=1S/C31H41FNO8PS/c1-30(2,3)28(35)38-19-40-42(37,41-20-39-29(36)31(4,5)6)15-14-24(17-21-10-9-12-23(32)16-21)33-27(34)26-18-22-11-7-8-13-25(22)43-26/h7-13,16,24,26H,14-15,17-20H2,1-6H3,(H,33,34)/t24-,26?/m0/s1. The summed E-state index contributed by atoms with van der Waals surface area (Å²) in [7, 11) is -4.01. The molecule has 0 spiro atoms. The normalized spacial score (nSPS) is 15.8. The summed E-state index contributed by atoms with van der Waals surface area (Å²) in [4.78, 5) is 38.8. The number of amides is 1. The van der Waals surface area contributed by atoms with Gasteiger partial charge in [-0.05, 0) is 90.1 Å². The van der Waals surface area contributed by atoms with E-state index in [-0.39, 0.29) is 30.2 Å². The highest BCUT2D eigenvalue weighted by molar-refractivity contribution is 8.01. The molecule has 0 aliphatic carbocycles. The van der Waals surface area contributed by atoms with Crippen LogP contribution in [-0.2, 0) is 50.3 Å². The average Bonchev–Trinajstić information content (AvgIpc) is 3.35. The number of ether oxygens (including phenoxy) is 2. The third kappa shape index (κ3) is 11.1. The molecule has 3 rings (SSSR count). The summed E-state index contributed by atoms with van der Waals surface area (Å²) in [6.07, 6.45) is 0.740. The van der Waals surface area contributed by atoms with Gasteiger partial charge in [0.1, 0.15) is 5.82 Å². The number of esters is 2. The fourth-order valence-corrected chi connectivity index (χ4v) is 6.62. The molecule has 9 nitrogen and oxygen atoms in total. The number of fused-ring (bicyclic) bond motifs is 1. The van der Waals surface area contributed by atoms with Gasteiger partial charge in [0.15, 0.2) is 0 Å². The summed E-state index contributed by atoms with van der Waals surface area (Å²) < 4.78 is 48.9. The number of thioether (sulfide) groups is 1. The van der Waals surface area contributed by atoms with E-state index in [2.05, 4.69) is 5.32 Å². The van der Waals surface area contributed by atoms with Gasteiger partial charge in [0.2, 0.25) is 19.5 Å². The molecule has 0 saturated heterocycles. The molecule has 0 saturated carbocycles. The van der Waals surface area contributed by atoms with Gasteiger partial charge >= 0.3 is 19.5 Å². The van der Waals surface area contributed by atoms with Gasteiger partial charge < -0.3 is 14.8 Å². The van der Waals surface area contributed by atoms with Crippen LogP contribution in [0.25, 0.3) is 0 Å². The smallest absolute Gasteiger partial charge is 0.336 e. The fourth-order valence-electron chi connectivity index (χ4n) is 4.03. The van der Waals surface area contributed by atoms with Crippen molar-refractivity contribution in [2.45, 2.75) is 77.0 Å². The number of nitrogens with one attached hydrogen (secondary N) is 1. The first-order valence-electron chi connectivity index (χ1n) is 14.1. The molecule has 2 aromatic carbocycles. The van der Waals surface area contributed by atoms with Crippen molar-refractivity contribution >= 4 is 37.2 Å². The second-order valence-electron chi connectivity index (χ2n) is 12.4. The molecule has 0 radical (unpaired) electrons. The Morgan fingerprint density at radius 3 is 2.12 bits per heavy atom. The van der Waals surface area contributed by atoms with Crippen molar-refractivity contribution in [2.75, 3.05) is 19.7 Å². The van der Waals surface area contributed by atoms with Crippen LogP contribution in [0.4, 0.5) is 4.39 Å². The van der Waals surface area contributed by atoms with E-state index in [1.54, 1.807) is 53.7 Å². The van der Waals surface area contributed by atoms with Gasteiger partial charge in [-0.25, -0.2) is 4.39 Å². The quantitative estimate of drug-likeness (QED) is 0.154. The summed E-state index contributed by atoms with van der Waals surface area (Å²) in [6, 6.07) is 13.3. The Labute approximate surface area is 257 Å². The molecule has 2 aromatic rings. The van der Waals surface area contributed by atoms with Crippen molar-refractivity contribution < 1.29 is 41.9 Å². The molecule has 43 heavy (non-hydrogen) atoms. The molecule has 1 unspecified atom stereocenters. The van der Waals surface area contributed by atoms with Crippen LogP contribution in [0.1, 0.15) is 59.1 Å². The minimum Gasteiger partial charge on any atom is -0.438 e. The minimum absolute atomic E-state index is 0.115. The van der Waals surface area contributed by atoms with Crippen LogP contribution in [0, 0.1) is 16.6 Å². The predicted molar refractivity (Wildman–Crippen MR) is 162 cm³/mol. The van der Waals surface area contributed by atoms with Gasteiger partial charge in [-0.15, -0.1) is 11.8 Å². The second kappa shape index (κ2) is 14.8. The van der Waals surface area contributed by atoms with Crippen molar-refractivity contribution in [3.63, 3.8) is 0 Å². The zero-order valence-electron chi connectivity index (χ0n) is 25.5. The first kappa shape index (κ1) is 34.8. The number of halogens is 1. The largest absolute Gasteiger partial charge is 0.438 e. The van der Waals surface area contributed by atoms with Crippen LogP contribution in [0.3, 0.4) is 0 Å². The molecule has 2 atom stereocenters. The monoisotopic (exact) mass is 637 g/mol. The summed E-state index contributed by atoms with van der Waals surface area (Å²) in [5.41, 5.74) is 0.112. The van der Waals surface area contributed by atoms with Gasteiger partial charge in [0, 0.05) is 10.9 Å². The van der Waals surface area contributed by atoms with Gasteiger partial charge in [0.25, 0.3) is 0 Å². The Morgan fingerprint density at radius 2 is 1.56 bits per heavy atom. The van der Waals surface area contributed by atoms with E-state index in [9.17, 15) is 23.3 Å². The van der Waals surface area contributed by atoms with E-state index in [1.807, 2.05) is 24.3 Å². The van der Waals surface area contributed by atoms with E-state index in [4.69, 9.17) is 18.5 Å². The molecule has 0 bridgehead atoms. The molecule has 236 valence electrons. The Bertz CT molecular complexity index is 1280. The highest BCUT2D eigenvalue weighted by atomic mass is 32.2. The minimum atomic E-state index is -4.01. The number of carbonyl (C=O) groups excluding carboxylic acids is 3. The number of hydrogen-bond acceptors (Lipinski definition) is 9. The highest BCUT2D eigenvalue weighted by Crippen LogP contribution is 2.49. The van der Waals surface area contributed by atoms with Crippen LogP contribution < -0.4 is 5.32 Å². The van der Waals surface area contributed by atoms with Crippen molar-refractivity contribution in [2.24, 2.45) is 10.8 Å². The van der Waals surface area contributed by atoms with Gasteiger partial charge in [-0.3, -0.25) is 28.0 Å². The molecule has 1 aliphatic rings. The van der Waals surface area contributed by atoms with E-state index >= 15 is 0 Å². The number of hydrogen-bond donors (Lipinski definition) is 1. The fraction of sp³-hybridized carbons (Fsp3) is 0.516. The molecule has 1 N–H and O–H groups in total. The first-order chi connectivity index (χ1) is 20.1. The van der Waals surface area contributed by atoms with Crippen molar-refractivity contribution in [3.8, 4) is 0 Å². The average molecular weight is 638 g/mol. The van der Waals surface area contributed by atoms with E-state index in [0.29, 0.717) is 12.0 Å². The lowest BCUT2D eigenvalue weighted by Gasteiger charge is -2.25. The van der Waals surface area contributed by atoms with Crippen LogP contribution in [-0.4, -0.2) is 48.9 Å². The number of carbonyl (C=O) groups is 3. The van der Waals surface area contributed by atoms with Crippen molar-refractivity contribution in [1.82, 2.24) is 5.32 Å². The van der Waals surface area contributed by atoms with E-state index in [0.717, 1.165) is 10.5 Å². The van der Waals surface area contributed by atoms with Crippen molar-refractivity contribution in [3.05, 3.63) is 65.5 Å². The Hall–Kier alpha value is -2.72. The Morgan fingerprint density at radius 1 is 0.953 bits per heavy atom. The van der Waals surface area contributed by atoms with Crippen LogP contribution in [0.5, 0.6) is 0 Å². The third-order valence-electron chi connectivity index (χ3n) is 6.51. The zero-order chi connectivity index (χ0) is 31.8.